The number of carboxylic acid groups (broad SMARTS) is 2. The van der Waals surface area contributed by atoms with Crippen LogP contribution in [0.25, 0.3) is 0 Å². The maximum Gasteiger partial charge on any atom is 0.326 e. The first-order valence-electron chi connectivity index (χ1n) is 12.5. The Morgan fingerprint density at radius 3 is 1.76 bits per heavy atom. The van der Waals surface area contributed by atoms with E-state index in [9.17, 15) is 24.0 Å². The molecule has 1 unspecified atom stereocenters. The van der Waals surface area contributed by atoms with Crippen LogP contribution in [0.5, 0.6) is 0 Å². The van der Waals surface area contributed by atoms with Crippen molar-refractivity contribution in [3.8, 4) is 0 Å². The van der Waals surface area contributed by atoms with E-state index < -0.39 is 23.9 Å². The lowest BCUT2D eigenvalue weighted by atomic mass is 10.1. The van der Waals surface area contributed by atoms with Crippen molar-refractivity contribution in [2.45, 2.75) is 63.8 Å². The SMILES string of the molecule is O=[C]CCC(NC(=O)CCOCCOCCOCCOCCNC(=O)CCCCCCC(=O)O)C(=O)O. The Labute approximate surface area is 217 Å². The number of nitrogens with one attached hydrogen (secondary N) is 2. The molecule has 0 bridgehead atoms. The molecule has 0 saturated carbocycles. The Bertz CT molecular complexity index is 646. The van der Waals surface area contributed by atoms with Crippen LogP contribution < -0.4 is 10.6 Å². The van der Waals surface area contributed by atoms with Crippen LogP contribution in [0.3, 0.4) is 0 Å². The molecule has 213 valence electrons. The first-order valence-corrected chi connectivity index (χ1v) is 12.5. The average Bonchev–Trinajstić information content (AvgIpc) is 2.85. The summed E-state index contributed by atoms with van der Waals surface area (Å²) in [6.07, 6.45) is 5.14. The number of amides is 2. The average molecular weight is 534 g/mol. The summed E-state index contributed by atoms with van der Waals surface area (Å²) in [7, 11) is 0. The molecular formula is C24H41N2O11. The first-order chi connectivity index (χ1) is 17.9. The van der Waals surface area contributed by atoms with E-state index >= 15 is 0 Å². The van der Waals surface area contributed by atoms with Crippen molar-refractivity contribution in [2.75, 3.05) is 59.4 Å². The monoisotopic (exact) mass is 533 g/mol. The highest BCUT2D eigenvalue weighted by Crippen LogP contribution is 2.05. The second-order valence-electron chi connectivity index (χ2n) is 8.00. The van der Waals surface area contributed by atoms with Gasteiger partial charge >= 0.3 is 11.9 Å². The number of unbranched alkanes of at least 4 members (excludes halogenated alkanes) is 3. The van der Waals surface area contributed by atoms with Crippen LogP contribution >= 0.6 is 0 Å². The molecule has 0 aromatic rings. The van der Waals surface area contributed by atoms with E-state index in [4.69, 9.17) is 29.2 Å². The minimum absolute atomic E-state index is 0.00242. The van der Waals surface area contributed by atoms with Crippen LogP contribution in [-0.4, -0.2) is 106 Å². The van der Waals surface area contributed by atoms with Gasteiger partial charge in [-0.05, 0) is 19.3 Å². The van der Waals surface area contributed by atoms with E-state index in [1.807, 2.05) is 0 Å². The van der Waals surface area contributed by atoms with E-state index in [1.54, 1.807) is 6.29 Å². The molecule has 13 nitrogen and oxygen atoms in total. The minimum Gasteiger partial charge on any atom is -0.481 e. The zero-order chi connectivity index (χ0) is 27.6. The van der Waals surface area contributed by atoms with Crippen molar-refractivity contribution in [2.24, 2.45) is 0 Å². The van der Waals surface area contributed by atoms with Crippen molar-refractivity contribution in [3.63, 3.8) is 0 Å². The molecule has 0 aliphatic rings. The zero-order valence-corrected chi connectivity index (χ0v) is 21.4. The number of hydrogen-bond donors (Lipinski definition) is 4. The van der Waals surface area contributed by atoms with Gasteiger partial charge in [0.2, 0.25) is 11.8 Å². The van der Waals surface area contributed by atoms with Gasteiger partial charge in [-0.2, -0.15) is 0 Å². The fourth-order valence-corrected chi connectivity index (χ4v) is 2.92. The highest BCUT2D eigenvalue weighted by atomic mass is 16.6. The normalized spacial score (nSPS) is 11.6. The van der Waals surface area contributed by atoms with Gasteiger partial charge in [-0.1, -0.05) is 12.8 Å². The third kappa shape index (κ3) is 24.8. The number of carbonyl (C=O) groups is 4. The molecule has 0 aromatic carbocycles. The third-order valence-electron chi connectivity index (χ3n) is 4.87. The first kappa shape index (κ1) is 34.4. The molecular weight excluding hydrogens is 492 g/mol. The molecule has 1 radical (unpaired) electrons. The molecule has 0 spiro atoms. The van der Waals surface area contributed by atoms with Gasteiger partial charge in [-0.3, -0.25) is 19.2 Å². The van der Waals surface area contributed by atoms with Crippen LogP contribution in [0, 0.1) is 0 Å². The number of ether oxygens (including phenoxy) is 4. The lowest BCUT2D eigenvalue weighted by Gasteiger charge is -2.13. The fraction of sp³-hybridized carbons (Fsp3) is 0.792. The summed E-state index contributed by atoms with van der Waals surface area (Å²) >= 11 is 0. The molecule has 0 aliphatic carbocycles. The molecule has 1 atom stereocenters. The maximum atomic E-state index is 11.7. The van der Waals surface area contributed by atoms with Gasteiger partial charge in [0.05, 0.1) is 52.9 Å². The lowest BCUT2D eigenvalue weighted by molar-refractivity contribution is -0.142. The number of aliphatic carboxylic acids is 2. The smallest absolute Gasteiger partial charge is 0.326 e. The Hall–Kier alpha value is -2.61. The Balaban J connectivity index is 3.37. The predicted molar refractivity (Wildman–Crippen MR) is 131 cm³/mol. The summed E-state index contributed by atoms with van der Waals surface area (Å²) in [5.41, 5.74) is 0. The van der Waals surface area contributed by atoms with Crippen LogP contribution in [0.2, 0.25) is 0 Å². The molecule has 0 heterocycles. The molecule has 2 amide bonds. The standard InChI is InChI=1S/C24H41N2O11/c27-11-5-6-20(24(32)33)26-22(29)9-12-34-14-16-36-18-19-37-17-15-35-13-10-25-21(28)7-3-1-2-4-8-23(30)31/h20H,1-10,12-19H2,(H,25,28)(H,26,29)(H,30,31)(H,32,33). The topological polar surface area (TPSA) is 187 Å². The van der Waals surface area contributed by atoms with Crippen molar-refractivity contribution in [3.05, 3.63) is 0 Å². The molecule has 0 rings (SSSR count). The van der Waals surface area contributed by atoms with Crippen molar-refractivity contribution < 1.29 is 53.1 Å². The predicted octanol–water partition coefficient (Wildman–Crippen LogP) is 0.444. The maximum absolute atomic E-state index is 11.7. The van der Waals surface area contributed by atoms with Gasteiger partial charge in [0, 0.05) is 32.2 Å². The summed E-state index contributed by atoms with van der Waals surface area (Å²) in [4.78, 5) is 55.0. The van der Waals surface area contributed by atoms with Crippen molar-refractivity contribution in [1.82, 2.24) is 10.6 Å². The van der Waals surface area contributed by atoms with E-state index in [1.165, 1.54) is 0 Å². The highest BCUT2D eigenvalue weighted by molar-refractivity contribution is 5.83. The Kier molecular flexibility index (Phi) is 23.3. The zero-order valence-electron chi connectivity index (χ0n) is 21.4. The van der Waals surface area contributed by atoms with Crippen LogP contribution in [-0.2, 0) is 42.9 Å². The number of carbonyl (C=O) groups excluding carboxylic acids is 3. The highest BCUT2D eigenvalue weighted by Gasteiger charge is 2.19. The summed E-state index contributed by atoms with van der Waals surface area (Å²) in [5.74, 6) is -2.51. The minimum atomic E-state index is -1.20. The third-order valence-corrected chi connectivity index (χ3v) is 4.87. The van der Waals surface area contributed by atoms with Gasteiger partial charge < -0.3 is 39.8 Å². The fourth-order valence-electron chi connectivity index (χ4n) is 2.92. The summed E-state index contributed by atoms with van der Waals surface area (Å²) in [5, 5.41) is 22.6. The van der Waals surface area contributed by atoms with Crippen molar-refractivity contribution in [1.29, 1.82) is 0 Å². The summed E-state index contributed by atoms with van der Waals surface area (Å²) < 4.78 is 21.3. The van der Waals surface area contributed by atoms with E-state index in [-0.39, 0.29) is 44.8 Å². The molecule has 13 heteroatoms. The molecule has 0 aliphatic heterocycles. The van der Waals surface area contributed by atoms with Crippen LogP contribution in [0.1, 0.15) is 57.8 Å². The molecule has 4 N–H and O–H groups in total. The lowest BCUT2D eigenvalue weighted by Crippen LogP contribution is -2.41. The molecule has 0 aromatic heterocycles. The van der Waals surface area contributed by atoms with E-state index in [2.05, 4.69) is 10.6 Å². The van der Waals surface area contributed by atoms with Gasteiger partial charge in [0.15, 0.2) is 6.29 Å². The van der Waals surface area contributed by atoms with Gasteiger partial charge in [-0.15, -0.1) is 0 Å². The molecule has 37 heavy (non-hydrogen) atoms. The largest absolute Gasteiger partial charge is 0.481 e. The Morgan fingerprint density at radius 1 is 0.676 bits per heavy atom. The number of hydrogen-bond acceptors (Lipinski definition) is 9. The van der Waals surface area contributed by atoms with Crippen LogP contribution in [0.15, 0.2) is 0 Å². The van der Waals surface area contributed by atoms with E-state index in [0.29, 0.717) is 59.0 Å². The van der Waals surface area contributed by atoms with Gasteiger partial charge in [0.1, 0.15) is 6.04 Å². The van der Waals surface area contributed by atoms with Crippen LogP contribution in [0.4, 0.5) is 0 Å². The molecule has 0 fully saturated rings. The summed E-state index contributed by atoms with van der Waals surface area (Å²) in [6.45, 7) is 3.03. The second kappa shape index (κ2) is 25.1. The quantitative estimate of drug-likeness (QED) is 0.107. The van der Waals surface area contributed by atoms with Gasteiger partial charge in [0.25, 0.3) is 0 Å². The number of rotatable bonds is 27. The molecule has 0 saturated heterocycles. The second-order valence-corrected chi connectivity index (χ2v) is 8.00. The van der Waals surface area contributed by atoms with Crippen molar-refractivity contribution >= 4 is 30.0 Å². The Morgan fingerprint density at radius 2 is 1.22 bits per heavy atom. The van der Waals surface area contributed by atoms with E-state index in [0.717, 1.165) is 19.3 Å². The summed E-state index contributed by atoms with van der Waals surface area (Å²) in [6, 6.07) is -1.12. The number of carboxylic acids is 2. The van der Waals surface area contributed by atoms with Gasteiger partial charge in [-0.25, -0.2) is 4.79 Å².